The van der Waals surface area contributed by atoms with Crippen LogP contribution in [0.4, 0.5) is 5.82 Å². The minimum Gasteiger partial charge on any atom is -0.368 e. The van der Waals surface area contributed by atoms with Crippen molar-refractivity contribution in [3.05, 3.63) is 22.9 Å². The zero-order valence-electron chi connectivity index (χ0n) is 11.2. The van der Waals surface area contributed by atoms with Crippen LogP contribution in [-0.2, 0) is 23.6 Å². The molecule has 1 atom stereocenters. The molecule has 19 heavy (non-hydrogen) atoms. The molecule has 0 saturated carbocycles. The molecule has 0 bridgehead atoms. The number of nitriles is 1. The van der Waals surface area contributed by atoms with Gasteiger partial charge in [0.2, 0.25) is 0 Å². The number of rotatable bonds is 5. The molecule has 1 aliphatic rings. The van der Waals surface area contributed by atoms with Gasteiger partial charge in [-0.25, -0.2) is 4.98 Å². The van der Waals surface area contributed by atoms with E-state index in [0.717, 1.165) is 18.5 Å². The third-order valence-corrected chi connectivity index (χ3v) is 4.67. The predicted molar refractivity (Wildman–Crippen MR) is 77.6 cm³/mol. The monoisotopic (exact) mass is 277 g/mol. The van der Waals surface area contributed by atoms with E-state index in [2.05, 4.69) is 16.4 Å². The van der Waals surface area contributed by atoms with Crippen LogP contribution >= 0.6 is 0 Å². The number of hydrogen-bond acceptors (Lipinski definition) is 4. The summed E-state index contributed by atoms with van der Waals surface area (Å²) in [5, 5.41) is 12.3. The first-order chi connectivity index (χ1) is 9.24. The molecule has 0 radical (unpaired) electrons. The molecular weight excluding hydrogens is 258 g/mol. The fraction of sp³-hybridized carbons (Fsp3) is 0.571. The lowest BCUT2D eigenvalue weighted by Crippen LogP contribution is -2.15. The maximum atomic E-state index is 11.4. The maximum absolute atomic E-state index is 11.4. The summed E-state index contributed by atoms with van der Waals surface area (Å²) in [6.07, 6.45) is 4.38. The van der Waals surface area contributed by atoms with Crippen LogP contribution in [0.5, 0.6) is 0 Å². The SMILES string of the molecule is CCS(=O)CCNc1nc2c(cc1C#N)CCCC2. The molecule has 1 aliphatic carbocycles. The number of pyridine rings is 1. The van der Waals surface area contributed by atoms with Crippen molar-refractivity contribution < 1.29 is 4.21 Å². The Hall–Kier alpha value is -1.41. The number of nitrogens with zero attached hydrogens (tertiary/aromatic N) is 2. The molecule has 0 aromatic carbocycles. The van der Waals surface area contributed by atoms with E-state index < -0.39 is 10.8 Å². The Balaban J connectivity index is 2.11. The fourth-order valence-electron chi connectivity index (χ4n) is 2.28. The normalized spacial score (nSPS) is 15.4. The highest BCUT2D eigenvalue weighted by atomic mass is 32.2. The molecule has 4 nitrogen and oxygen atoms in total. The third kappa shape index (κ3) is 3.54. The summed E-state index contributed by atoms with van der Waals surface area (Å²) in [5.74, 6) is 1.92. The van der Waals surface area contributed by atoms with Gasteiger partial charge in [0.25, 0.3) is 0 Å². The average Bonchev–Trinajstić information content (AvgIpc) is 2.46. The smallest absolute Gasteiger partial charge is 0.144 e. The number of fused-ring (bicyclic) bond motifs is 1. The molecule has 1 N–H and O–H groups in total. The van der Waals surface area contributed by atoms with Crippen LogP contribution in [0.1, 0.15) is 36.6 Å². The Morgan fingerprint density at radius 2 is 2.26 bits per heavy atom. The second kappa shape index (κ2) is 6.67. The van der Waals surface area contributed by atoms with E-state index in [1.807, 2.05) is 13.0 Å². The molecule has 0 aliphatic heterocycles. The van der Waals surface area contributed by atoms with Crippen molar-refractivity contribution in [2.24, 2.45) is 0 Å². The van der Waals surface area contributed by atoms with Gasteiger partial charge in [-0.05, 0) is 37.3 Å². The van der Waals surface area contributed by atoms with E-state index in [0.29, 0.717) is 29.4 Å². The Morgan fingerprint density at radius 1 is 1.47 bits per heavy atom. The molecule has 0 fully saturated rings. The highest BCUT2D eigenvalue weighted by Crippen LogP contribution is 2.24. The first-order valence-corrected chi connectivity index (χ1v) is 8.25. The van der Waals surface area contributed by atoms with Crippen LogP contribution in [0.2, 0.25) is 0 Å². The molecule has 0 amide bonds. The summed E-state index contributed by atoms with van der Waals surface area (Å²) in [6.45, 7) is 2.51. The summed E-state index contributed by atoms with van der Waals surface area (Å²) in [6, 6.07) is 4.16. The Labute approximate surface area is 116 Å². The van der Waals surface area contributed by atoms with Gasteiger partial charge < -0.3 is 5.32 Å². The number of hydrogen-bond donors (Lipinski definition) is 1. The van der Waals surface area contributed by atoms with Crippen LogP contribution in [0.25, 0.3) is 0 Å². The zero-order valence-corrected chi connectivity index (χ0v) is 12.1. The lowest BCUT2D eigenvalue weighted by atomic mass is 9.95. The van der Waals surface area contributed by atoms with Crippen molar-refractivity contribution in [1.29, 1.82) is 5.26 Å². The van der Waals surface area contributed by atoms with Crippen molar-refractivity contribution in [1.82, 2.24) is 4.98 Å². The van der Waals surface area contributed by atoms with Gasteiger partial charge in [0.15, 0.2) is 0 Å². The molecule has 1 unspecified atom stereocenters. The van der Waals surface area contributed by atoms with Gasteiger partial charge in [-0.3, -0.25) is 4.21 Å². The minimum atomic E-state index is -0.784. The highest BCUT2D eigenvalue weighted by Gasteiger charge is 2.14. The summed E-state index contributed by atoms with van der Waals surface area (Å²) in [7, 11) is -0.784. The van der Waals surface area contributed by atoms with Gasteiger partial charge in [-0.15, -0.1) is 0 Å². The van der Waals surface area contributed by atoms with Gasteiger partial charge in [-0.1, -0.05) is 6.92 Å². The highest BCUT2D eigenvalue weighted by molar-refractivity contribution is 7.84. The fourth-order valence-corrected chi connectivity index (χ4v) is 2.90. The summed E-state index contributed by atoms with van der Waals surface area (Å²) in [5.41, 5.74) is 2.93. The van der Waals surface area contributed by atoms with E-state index >= 15 is 0 Å². The van der Waals surface area contributed by atoms with E-state index in [4.69, 9.17) is 0 Å². The lowest BCUT2D eigenvalue weighted by molar-refractivity contribution is 0.668. The van der Waals surface area contributed by atoms with E-state index in [9.17, 15) is 9.47 Å². The second-order valence-electron chi connectivity index (χ2n) is 4.67. The largest absolute Gasteiger partial charge is 0.368 e. The number of nitrogens with one attached hydrogen (secondary N) is 1. The molecule has 102 valence electrons. The van der Waals surface area contributed by atoms with Crippen LogP contribution in [0.3, 0.4) is 0 Å². The second-order valence-corrected chi connectivity index (χ2v) is 6.53. The maximum Gasteiger partial charge on any atom is 0.144 e. The third-order valence-electron chi connectivity index (χ3n) is 3.37. The first kappa shape index (κ1) is 14.0. The molecule has 2 rings (SSSR count). The molecular formula is C14H19N3OS. The first-order valence-electron chi connectivity index (χ1n) is 6.76. The van der Waals surface area contributed by atoms with Crippen molar-refractivity contribution >= 4 is 16.6 Å². The van der Waals surface area contributed by atoms with Crippen molar-refractivity contribution in [2.75, 3.05) is 23.4 Å². The molecule has 0 saturated heterocycles. The van der Waals surface area contributed by atoms with E-state index in [1.165, 1.54) is 18.4 Å². The van der Waals surface area contributed by atoms with Gasteiger partial charge in [0, 0.05) is 34.5 Å². The number of anilines is 1. The Bertz CT molecular complexity index is 522. The average molecular weight is 277 g/mol. The van der Waals surface area contributed by atoms with Gasteiger partial charge >= 0.3 is 0 Å². The molecule has 0 spiro atoms. The van der Waals surface area contributed by atoms with E-state index in [-0.39, 0.29) is 0 Å². The summed E-state index contributed by atoms with van der Waals surface area (Å²) in [4.78, 5) is 4.57. The van der Waals surface area contributed by atoms with Crippen LogP contribution in [-0.4, -0.2) is 27.2 Å². The van der Waals surface area contributed by atoms with Crippen molar-refractivity contribution in [3.8, 4) is 6.07 Å². The van der Waals surface area contributed by atoms with Crippen LogP contribution in [0.15, 0.2) is 6.07 Å². The predicted octanol–water partition coefficient (Wildman–Crippen LogP) is 2.01. The van der Waals surface area contributed by atoms with Gasteiger partial charge in [0.1, 0.15) is 11.9 Å². The molecule has 5 heteroatoms. The summed E-state index contributed by atoms with van der Waals surface area (Å²) < 4.78 is 11.4. The minimum absolute atomic E-state index is 0.597. The molecule has 1 aromatic heterocycles. The van der Waals surface area contributed by atoms with Crippen LogP contribution in [0, 0.1) is 11.3 Å². The van der Waals surface area contributed by atoms with Crippen molar-refractivity contribution in [2.45, 2.75) is 32.6 Å². The van der Waals surface area contributed by atoms with E-state index in [1.54, 1.807) is 0 Å². The van der Waals surface area contributed by atoms with Gasteiger partial charge in [0.05, 0.1) is 5.56 Å². The standard InChI is InChI=1S/C14H19N3OS/c1-2-19(18)8-7-16-14-12(10-15)9-11-5-3-4-6-13(11)17-14/h9H,2-8H2,1H3,(H,16,17). The quantitative estimate of drug-likeness (QED) is 0.894. The van der Waals surface area contributed by atoms with Crippen LogP contribution < -0.4 is 5.32 Å². The number of aromatic nitrogens is 1. The lowest BCUT2D eigenvalue weighted by Gasteiger charge is -2.17. The van der Waals surface area contributed by atoms with Gasteiger partial charge in [-0.2, -0.15) is 5.26 Å². The number of aryl methyl sites for hydroxylation is 2. The topological polar surface area (TPSA) is 65.8 Å². The molecule has 1 aromatic rings. The van der Waals surface area contributed by atoms with Crippen molar-refractivity contribution in [3.63, 3.8) is 0 Å². The summed E-state index contributed by atoms with van der Waals surface area (Å²) >= 11 is 0. The molecule has 1 heterocycles. The Morgan fingerprint density at radius 3 is 3.00 bits per heavy atom. The zero-order chi connectivity index (χ0) is 13.7. The Kier molecular flexibility index (Phi) is 4.92.